The van der Waals surface area contributed by atoms with E-state index in [9.17, 15) is 0 Å². The Hall–Kier alpha value is -0.780. The zero-order valence-corrected chi connectivity index (χ0v) is 14.3. The molecule has 1 heterocycles. The maximum Gasteiger partial charge on any atom is 0.256 e. The Morgan fingerprint density at radius 3 is 2.45 bits per heavy atom. The van der Waals surface area contributed by atoms with Crippen LogP contribution in [-0.4, -0.2) is 11.0 Å². The fourth-order valence-corrected chi connectivity index (χ4v) is 3.38. The van der Waals surface area contributed by atoms with E-state index in [1.807, 2.05) is 26.0 Å². The highest BCUT2D eigenvalue weighted by atomic mass is 79.9. The molecule has 1 aromatic carbocycles. The van der Waals surface area contributed by atoms with Gasteiger partial charge < -0.3 is 10.2 Å². The molecule has 0 radical (unpaired) electrons. The minimum Gasteiger partial charge on any atom is -0.437 e. The van der Waals surface area contributed by atoms with Crippen molar-refractivity contribution >= 4 is 27.7 Å². The van der Waals surface area contributed by atoms with Gasteiger partial charge in [-0.15, -0.1) is 0 Å². The van der Waals surface area contributed by atoms with E-state index in [0.717, 1.165) is 22.3 Å². The molecule has 0 bridgehead atoms. The highest BCUT2D eigenvalue weighted by molar-refractivity contribution is 9.10. The molecule has 3 nitrogen and oxygen atoms in total. The van der Waals surface area contributed by atoms with Crippen LogP contribution in [0.4, 0.5) is 0 Å². The fourth-order valence-electron chi connectivity index (χ4n) is 1.87. The van der Waals surface area contributed by atoms with Gasteiger partial charge in [-0.05, 0) is 38.0 Å². The molecule has 1 aromatic heterocycles. The summed E-state index contributed by atoms with van der Waals surface area (Å²) >= 11 is 5.06. The highest BCUT2D eigenvalue weighted by Gasteiger charge is 2.22. The van der Waals surface area contributed by atoms with Crippen molar-refractivity contribution in [3.8, 4) is 0 Å². The second-order valence-corrected chi connectivity index (χ2v) is 6.79. The van der Waals surface area contributed by atoms with Crippen molar-refractivity contribution in [1.82, 2.24) is 4.98 Å². The van der Waals surface area contributed by atoms with Gasteiger partial charge in [-0.2, -0.15) is 0 Å². The zero-order chi connectivity index (χ0) is 14.7. The Kier molecular flexibility index (Phi) is 5.29. The second kappa shape index (κ2) is 6.78. The van der Waals surface area contributed by atoms with Crippen LogP contribution in [0.15, 0.2) is 38.4 Å². The van der Waals surface area contributed by atoms with E-state index in [4.69, 9.17) is 10.2 Å². The number of benzene rings is 1. The molecule has 0 spiro atoms. The smallest absolute Gasteiger partial charge is 0.256 e. The molecule has 2 N–H and O–H groups in total. The molecular formula is C15H19BrN2OS. The lowest BCUT2D eigenvalue weighted by Gasteiger charge is -2.21. The minimum absolute atomic E-state index is 0.0636. The van der Waals surface area contributed by atoms with Gasteiger partial charge in [-0.1, -0.05) is 46.7 Å². The van der Waals surface area contributed by atoms with Gasteiger partial charge in [0.05, 0.1) is 10.9 Å². The molecule has 0 aliphatic carbocycles. The SMILES string of the molecule is CCC(N)C(Sc1nc(C)c(C)o1)c1ccc(Br)cc1. The lowest BCUT2D eigenvalue weighted by atomic mass is 10.0. The van der Waals surface area contributed by atoms with Crippen molar-refractivity contribution in [3.63, 3.8) is 0 Å². The number of thioether (sulfide) groups is 1. The van der Waals surface area contributed by atoms with Crippen LogP contribution in [0.25, 0.3) is 0 Å². The standard InChI is InChI=1S/C15H19BrN2OS/c1-4-13(17)14(11-5-7-12(16)8-6-11)20-15-18-9(2)10(3)19-15/h5-8,13-14H,4,17H2,1-3H3. The summed E-state index contributed by atoms with van der Waals surface area (Å²) in [4.78, 5) is 4.44. The molecule has 0 saturated carbocycles. The molecule has 2 rings (SSSR count). The molecule has 0 aliphatic rings. The van der Waals surface area contributed by atoms with Crippen molar-refractivity contribution in [2.45, 2.75) is 43.7 Å². The van der Waals surface area contributed by atoms with Crippen molar-refractivity contribution < 1.29 is 4.42 Å². The van der Waals surface area contributed by atoms with Gasteiger partial charge in [0.1, 0.15) is 5.76 Å². The number of aryl methyl sites for hydroxylation is 2. The maximum absolute atomic E-state index is 6.28. The summed E-state index contributed by atoms with van der Waals surface area (Å²) < 4.78 is 6.74. The molecule has 108 valence electrons. The average molecular weight is 355 g/mol. The lowest BCUT2D eigenvalue weighted by Crippen LogP contribution is -2.25. The van der Waals surface area contributed by atoms with Crippen LogP contribution in [-0.2, 0) is 0 Å². The fraction of sp³-hybridized carbons (Fsp3) is 0.400. The topological polar surface area (TPSA) is 52.0 Å². The van der Waals surface area contributed by atoms with Crippen LogP contribution >= 0.6 is 27.7 Å². The average Bonchev–Trinajstić information content (AvgIpc) is 2.75. The van der Waals surface area contributed by atoms with Crippen molar-refractivity contribution in [2.75, 3.05) is 0 Å². The largest absolute Gasteiger partial charge is 0.437 e. The molecule has 0 saturated heterocycles. The lowest BCUT2D eigenvalue weighted by molar-refractivity contribution is 0.429. The Labute approximate surface area is 132 Å². The Morgan fingerprint density at radius 2 is 1.95 bits per heavy atom. The van der Waals surface area contributed by atoms with E-state index >= 15 is 0 Å². The van der Waals surface area contributed by atoms with Crippen LogP contribution in [0, 0.1) is 13.8 Å². The monoisotopic (exact) mass is 354 g/mol. The van der Waals surface area contributed by atoms with Gasteiger partial charge in [0, 0.05) is 10.5 Å². The number of nitrogens with two attached hydrogens (primary N) is 1. The van der Waals surface area contributed by atoms with Crippen LogP contribution < -0.4 is 5.73 Å². The van der Waals surface area contributed by atoms with E-state index in [1.54, 1.807) is 11.8 Å². The molecule has 0 amide bonds. The zero-order valence-electron chi connectivity index (χ0n) is 11.9. The summed E-state index contributed by atoms with van der Waals surface area (Å²) in [6.45, 7) is 5.99. The van der Waals surface area contributed by atoms with Gasteiger partial charge >= 0.3 is 0 Å². The number of aromatic nitrogens is 1. The van der Waals surface area contributed by atoms with Crippen LogP contribution in [0.2, 0.25) is 0 Å². The number of halogens is 1. The molecule has 20 heavy (non-hydrogen) atoms. The van der Waals surface area contributed by atoms with E-state index in [2.05, 4.69) is 40.0 Å². The number of hydrogen-bond acceptors (Lipinski definition) is 4. The predicted molar refractivity (Wildman–Crippen MR) is 87.0 cm³/mol. The molecule has 2 unspecified atom stereocenters. The molecular weight excluding hydrogens is 336 g/mol. The Morgan fingerprint density at radius 1 is 1.30 bits per heavy atom. The first-order valence-corrected chi connectivity index (χ1v) is 8.30. The van der Waals surface area contributed by atoms with Gasteiger partial charge in [-0.3, -0.25) is 0 Å². The van der Waals surface area contributed by atoms with Crippen LogP contribution in [0.3, 0.4) is 0 Å². The summed E-state index contributed by atoms with van der Waals surface area (Å²) in [7, 11) is 0. The maximum atomic E-state index is 6.28. The number of oxazole rings is 1. The van der Waals surface area contributed by atoms with Gasteiger partial charge in [0.25, 0.3) is 5.22 Å². The van der Waals surface area contributed by atoms with E-state index in [1.165, 1.54) is 5.56 Å². The highest BCUT2D eigenvalue weighted by Crippen LogP contribution is 2.38. The Balaban J connectivity index is 2.25. The van der Waals surface area contributed by atoms with Crippen LogP contribution in [0.5, 0.6) is 0 Å². The van der Waals surface area contributed by atoms with Crippen molar-refractivity contribution in [2.24, 2.45) is 5.73 Å². The first-order chi connectivity index (χ1) is 9.51. The first-order valence-electron chi connectivity index (χ1n) is 6.63. The summed E-state index contributed by atoms with van der Waals surface area (Å²) in [5.41, 5.74) is 8.41. The van der Waals surface area contributed by atoms with Crippen molar-refractivity contribution in [1.29, 1.82) is 0 Å². The molecule has 0 fully saturated rings. The second-order valence-electron chi connectivity index (χ2n) is 4.78. The molecule has 5 heteroatoms. The van der Waals surface area contributed by atoms with Gasteiger partial charge in [-0.25, -0.2) is 4.98 Å². The Bertz CT molecular complexity index is 548. The van der Waals surface area contributed by atoms with Gasteiger partial charge in [0.15, 0.2) is 0 Å². The van der Waals surface area contributed by atoms with E-state index in [0.29, 0.717) is 5.22 Å². The molecule has 0 aliphatic heterocycles. The van der Waals surface area contributed by atoms with Crippen molar-refractivity contribution in [3.05, 3.63) is 45.8 Å². The minimum atomic E-state index is 0.0636. The predicted octanol–water partition coefficient (Wildman–Crippen LogP) is 4.62. The van der Waals surface area contributed by atoms with Gasteiger partial charge in [0.2, 0.25) is 0 Å². The summed E-state index contributed by atoms with van der Waals surface area (Å²) in [5.74, 6) is 0.868. The summed E-state index contributed by atoms with van der Waals surface area (Å²) in [6.07, 6.45) is 0.909. The number of rotatable bonds is 5. The summed E-state index contributed by atoms with van der Waals surface area (Å²) in [6, 6.07) is 8.34. The molecule has 2 aromatic rings. The number of hydrogen-bond donors (Lipinski definition) is 1. The number of nitrogens with zero attached hydrogens (tertiary/aromatic N) is 1. The van der Waals surface area contributed by atoms with Crippen LogP contribution in [0.1, 0.15) is 35.6 Å². The third-order valence-corrected chi connectivity index (χ3v) is 5.08. The van der Waals surface area contributed by atoms with E-state index in [-0.39, 0.29) is 11.3 Å². The first kappa shape index (κ1) is 15.6. The third-order valence-electron chi connectivity index (χ3n) is 3.30. The molecule has 2 atom stereocenters. The quantitative estimate of drug-likeness (QED) is 0.795. The summed E-state index contributed by atoms with van der Waals surface area (Å²) in [5, 5.41) is 0.836. The normalized spacial score (nSPS) is 14.2. The van der Waals surface area contributed by atoms with E-state index < -0.39 is 0 Å². The third kappa shape index (κ3) is 3.65.